The average molecular weight is 416 g/mol. The molecule has 0 radical (unpaired) electrons. The molecular formula is C16H20N2O7S2. The van der Waals surface area contributed by atoms with Gasteiger partial charge in [-0.3, -0.25) is 4.31 Å². The second-order valence-corrected chi connectivity index (χ2v) is 9.81. The molecular weight excluding hydrogens is 396 g/mol. The van der Waals surface area contributed by atoms with E-state index in [0.29, 0.717) is 5.69 Å². The number of furan rings is 1. The van der Waals surface area contributed by atoms with E-state index >= 15 is 0 Å². The minimum atomic E-state index is -3.76. The first-order chi connectivity index (χ1) is 12.5. The third-order valence-electron chi connectivity index (χ3n) is 3.65. The van der Waals surface area contributed by atoms with E-state index < -0.39 is 26.0 Å². The zero-order valence-corrected chi connectivity index (χ0v) is 16.9. The molecule has 27 heavy (non-hydrogen) atoms. The van der Waals surface area contributed by atoms with Crippen LogP contribution in [0.5, 0.6) is 0 Å². The molecule has 1 heterocycles. The first-order valence-electron chi connectivity index (χ1n) is 7.64. The second-order valence-electron chi connectivity index (χ2n) is 5.82. The number of ether oxygens (including phenoxy) is 1. The monoisotopic (exact) mass is 416 g/mol. The Hall–Kier alpha value is -2.37. The largest absolute Gasteiger partial charge is 0.465 e. The molecule has 0 saturated heterocycles. The quantitative estimate of drug-likeness (QED) is 0.625. The number of carbonyl (C=O) groups is 1. The van der Waals surface area contributed by atoms with Crippen LogP contribution in [0, 0.1) is 0 Å². The Balaban J connectivity index is 2.35. The van der Waals surface area contributed by atoms with E-state index in [4.69, 9.17) is 4.42 Å². The maximum absolute atomic E-state index is 12.2. The predicted octanol–water partition coefficient (Wildman–Crippen LogP) is 1.28. The Kier molecular flexibility index (Phi) is 5.97. The van der Waals surface area contributed by atoms with Crippen LogP contribution in [-0.2, 0) is 31.3 Å². The zero-order valence-electron chi connectivity index (χ0n) is 15.2. The number of hydrogen-bond donors (Lipinski definition) is 0. The van der Waals surface area contributed by atoms with Crippen molar-refractivity contribution < 1.29 is 30.8 Å². The predicted molar refractivity (Wildman–Crippen MR) is 98.4 cm³/mol. The number of benzene rings is 1. The Labute approximate surface area is 158 Å². The fourth-order valence-corrected chi connectivity index (χ4v) is 3.86. The summed E-state index contributed by atoms with van der Waals surface area (Å²) in [6.07, 6.45) is 1.02. The molecule has 0 N–H and O–H groups in total. The van der Waals surface area contributed by atoms with Crippen molar-refractivity contribution >= 4 is 31.7 Å². The molecule has 0 atom stereocenters. The highest BCUT2D eigenvalue weighted by molar-refractivity contribution is 7.92. The summed E-state index contributed by atoms with van der Waals surface area (Å²) in [7, 11) is -3.49. The summed E-state index contributed by atoms with van der Waals surface area (Å²) < 4.78 is 60.5. The van der Waals surface area contributed by atoms with Gasteiger partial charge in [0.1, 0.15) is 5.76 Å². The highest BCUT2D eigenvalue weighted by Gasteiger charge is 2.24. The number of nitrogens with zero attached hydrogens (tertiary/aromatic N) is 2. The lowest BCUT2D eigenvalue weighted by Gasteiger charge is -2.21. The molecule has 0 bridgehead atoms. The summed E-state index contributed by atoms with van der Waals surface area (Å²) in [5.41, 5.74) is 0.561. The summed E-state index contributed by atoms with van der Waals surface area (Å²) in [4.78, 5) is 11.5. The van der Waals surface area contributed by atoms with E-state index in [1.54, 1.807) is 0 Å². The van der Waals surface area contributed by atoms with Crippen LogP contribution in [0.1, 0.15) is 16.1 Å². The number of rotatable bonds is 7. The fourth-order valence-electron chi connectivity index (χ4n) is 2.18. The van der Waals surface area contributed by atoms with Crippen molar-refractivity contribution in [3.05, 3.63) is 47.7 Å². The summed E-state index contributed by atoms with van der Waals surface area (Å²) in [6.45, 7) is -0.209. The van der Waals surface area contributed by atoms with Crippen molar-refractivity contribution in [3.8, 4) is 0 Å². The standard InChI is InChI=1S/C16H20N2O7S2/c1-17(2)27(22,23)15-10-9-14(25-15)11-18(26(4,20)21)13-7-5-12(6-8-13)16(19)24-3/h5-10H,11H2,1-4H3. The van der Waals surface area contributed by atoms with E-state index in [1.165, 1.54) is 57.6 Å². The normalized spacial score (nSPS) is 12.2. The van der Waals surface area contributed by atoms with Crippen LogP contribution >= 0.6 is 0 Å². The van der Waals surface area contributed by atoms with Crippen LogP contribution in [0.15, 0.2) is 45.9 Å². The third kappa shape index (κ3) is 4.67. The van der Waals surface area contributed by atoms with Crippen LogP contribution in [0.4, 0.5) is 5.69 Å². The molecule has 0 aliphatic carbocycles. The summed E-state index contributed by atoms with van der Waals surface area (Å²) in [5, 5.41) is -0.281. The first-order valence-corrected chi connectivity index (χ1v) is 10.9. The van der Waals surface area contributed by atoms with Gasteiger partial charge in [-0.2, -0.15) is 0 Å². The number of hydrogen-bond acceptors (Lipinski definition) is 7. The molecule has 0 aliphatic rings. The molecule has 0 spiro atoms. The van der Waals surface area contributed by atoms with Gasteiger partial charge in [-0.15, -0.1) is 0 Å². The molecule has 11 heteroatoms. The molecule has 2 aromatic rings. The maximum atomic E-state index is 12.2. The lowest BCUT2D eigenvalue weighted by atomic mass is 10.2. The molecule has 1 aromatic carbocycles. The maximum Gasteiger partial charge on any atom is 0.337 e. The Morgan fingerprint density at radius 2 is 1.63 bits per heavy atom. The van der Waals surface area contributed by atoms with Crippen molar-refractivity contribution in [3.63, 3.8) is 0 Å². The summed E-state index contributed by atoms with van der Waals surface area (Å²) >= 11 is 0. The van der Waals surface area contributed by atoms with Gasteiger partial charge in [0.05, 0.1) is 31.2 Å². The van der Waals surface area contributed by atoms with E-state index in [-0.39, 0.29) is 23.0 Å². The van der Waals surface area contributed by atoms with Gasteiger partial charge < -0.3 is 9.15 Å². The number of anilines is 1. The number of sulfonamides is 2. The Bertz CT molecular complexity index is 1020. The molecule has 0 saturated carbocycles. The van der Waals surface area contributed by atoms with Gasteiger partial charge in [0.15, 0.2) is 0 Å². The summed E-state index contributed by atoms with van der Waals surface area (Å²) in [6, 6.07) is 8.44. The van der Waals surface area contributed by atoms with Gasteiger partial charge in [0, 0.05) is 14.1 Å². The van der Waals surface area contributed by atoms with Gasteiger partial charge in [0.2, 0.25) is 15.1 Å². The molecule has 0 amide bonds. The smallest absolute Gasteiger partial charge is 0.337 e. The van der Waals surface area contributed by atoms with E-state index in [1.807, 2.05) is 0 Å². The van der Waals surface area contributed by atoms with Gasteiger partial charge in [0.25, 0.3) is 10.0 Å². The Morgan fingerprint density at radius 3 is 2.11 bits per heavy atom. The highest BCUT2D eigenvalue weighted by Crippen LogP contribution is 2.24. The van der Waals surface area contributed by atoms with Gasteiger partial charge in [-0.1, -0.05) is 0 Å². The van der Waals surface area contributed by atoms with Gasteiger partial charge >= 0.3 is 5.97 Å². The third-order valence-corrected chi connectivity index (χ3v) is 6.48. The minimum Gasteiger partial charge on any atom is -0.465 e. The fraction of sp³-hybridized carbons (Fsp3) is 0.312. The highest BCUT2D eigenvalue weighted by atomic mass is 32.2. The van der Waals surface area contributed by atoms with E-state index in [2.05, 4.69) is 4.74 Å². The van der Waals surface area contributed by atoms with Crippen molar-refractivity contribution in [2.75, 3.05) is 31.8 Å². The first kappa shape index (κ1) is 20.9. The van der Waals surface area contributed by atoms with Crippen LogP contribution in [0.25, 0.3) is 0 Å². The van der Waals surface area contributed by atoms with Crippen molar-refractivity contribution in [2.45, 2.75) is 11.6 Å². The van der Waals surface area contributed by atoms with Gasteiger partial charge in [-0.25, -0.2) is 25.9 Å². The molecule has 0 aliphatic heterocycles. The lowest BCUT2D eigenvalue weighted by Crippen LogP contribution is -2.29. The molecule has 0 fully saturated rings. The lowest BCUT2D eigenvalue weighted by molar-refractivity contribution is 0.0600. The molecule has 9 nitrogen and oxygen atoms in total. The number of esters is 1. The number of methoxy groups -OCH3 is 1. The van der Waals surface area contributed by atoms with Gasteiger partial charge in [-0.05, 0) is 36.4 Å². The molecule has 2 rings (SSSR count). The molecule has 0 unspecified atom stereocenters. The van der Waals surface area contributed by atoms with Crippen LogP contribution < -0.4 is 4.31 Å². The van der Waals surface area contributed by atoms with Crippen LogP contribution in [0.3, 0.4) is 0 Å². The van der Waals surface area contributed by atoms with Crippen molar-refractivity contribution in [2.24, 2.45) is 0 Å². The second kappa shape index (κ2) is 7.71. The van der Waals surface area contributed by atoms with E-state index in [0.717, 1.165) is 14.9 Å². The summed E-state index contributed by atoms with van der Waals surface area (Å²) in [5.74, 6) is -0.394. The zero-order chi connectivity index (χ0) is 20.4. The van der Waals surface area contributed by atoms with Crippen molar-refractivity contribution in [1.82, 2.24) is 4.31 Å². The van der Waals surface area contributed by atoms with E-state index in [9.17, 15) is 21.6 Å². The average Bonchev–Trinajstić information content (AvgIpc) is 3.07. The Morgan fingerprint density at radius 1 is 1.04 bits per heavy atom. The SMILES string of the molecule is COC(=O)c1ccc(N(Cc2ccc(S(=O)(=O)N(C)C)o2)S(C)(=O)=O)cc1. The van der Waals surface area contributed by atoms with Crippen LogP contribution in [-0.4, -0.2) is 54.6 Å². The number of carbonyl (C=O) groups excluding carboxylic acids is 1. The minimum absolute atomic E-state index is 0.151. The van der Waals surface area contributed by atoms with Crippen LogP contribution in [0.2, 0.25) is 0 Å². The molecule has 1 aromatic heterocycles. The topological polar surface area (TPSA) is 114 Å². The molecule has 148 valence electrons. The van der Waals surface area contributed by atoms with Crippen molar-refractivity contribution in [1.29, 1.82) is 0 Å².